The fraction of sp³-hybridized carbons (Fsp3) is 0.364. The average Bonchev–Trinajstić information content (AvgIpc) is 2.21. The first-order valence-electron chi connectivity index (χ1n) is 4.81. The number of ether oxygens (including phenoxy) is 1. The highest BCUT2D eigenvalue weighted by Crippen LogP contribution is 2.24. The van der Waals surface area contributed by atoms with Gasteiger partial charge in [-0.3, -0.25) is 4.79 Å². The first-order valence-corrected chi connectivity index (χ1v) is 5.60. The third-order valence-corrected chi connectivity index (χ3v) is 2.95. The first-order chi connectivity index (χ1) is 7.49. The van der Waals surface area contributed by atoms with Crippen molar-refractivity contribution in [3.8, 4) is 0 Å². The molecular formula is C11H15BrN2O2. The molecule has 1 unspecified atom stereocenters. The van der Waals surface area contributed by atoms with Gasteiger partial charge in [-0.2, -0.15) is 0 Å². The standard InChI is InChI=1S/C11H15BrN2O2/c1-11(7-16-2,10(13)15)14-9-6-4-3-5-8(9)12/h3-6,14H,7H2,1-2H3,(H2,13,15). The van der Waals surface area contributed by atoms with Crippen molar-refractivity contribution >= 4 is 27.5 Å². The van der Waals surface area contributed by atoms with Crippen LogP contribution in [-0.2, 0) is 9.53 Å². The number of primary amides is 1. The minimum absolute atomic E-state index is 0.212. The minimum Gasteiger partial charge on any atom is -0.382 e. The minimum atomic E-state index is -0.918. The van der Waals surface area contributed by atoms with Gasteiger partial charge in [-0.25, -0.2) is 0 Å². The molecule has 0 saturated carbocycles. The smallest absolute Gasteiger partial charge is 0.245 e. The number of carbonyl (C=O) groups excluding carboxylic acids is 1. The van der Waals surface area contributed by atoms with E-state index in [1.807, 2.05) is 24.3 Å². The summed E-state index contributed by atoms with van der Waals surface area (Å²) < 4.78 is 5.88. The van der Waals surface area contributed by atoms with Crippen molar-refractivity contribution in [3.63, 3.8) is 0 Å². The van der Waals surface area contributed by atoms with Gasteiger partial charge < -0.3 is 15.8 Å². The van der Waals surface area contributed by atoms with E-state index in [0.717, 1.165) is 10.2 Å². The Morgan fingerprint density at radius 1 is 1.56 bits per heavy atom. The molecule has 88 valence electrons. The Kier molecular flexibility index (Phi) is 4.32. The van der Waals surface area contributed by atoms with Crippen LogP contribution in [0, 0.1) is 0 Å². The molecule has 1 rings (SSSR count). The lowest BCUT2D eigenvalue weighted by molar-refractivity contribution is -0.123. The van der Waals surface area contributed by atoms with Gasteiger partial charge in [0.15, 0.2) is 0 Å². The number of nitrogens with two attached hydrogens (primary N) is 1. The number of para-hydroxylation sites is 1. The van der Waals surface area contributed by atoms with Crippen LogP contribution < -0.4 is 11.1 Å². The molecule has 0 aromatic heterocycles. The second-order valence-corrected chi connectivity index (χ2v) is 4.59. The molecule has 16 heavy (non-hydrogen) atoms. The van der Waals surface area contributed by atoms with Gasteiger partial charge >= 0.3 is 0 Å². The van der Waals surface area contributed by atoms with Gasteiger partial charge in [0.1, 0.15) is 5.54 Å². The molecular weight excluding hydrogens is 272 g/mol. The number of hydrogen-bond acceptors (Lipinski definition) is 3. The molecule has 0 saturated heterocycles. The molecule has 1 aromatic carbocycles. The first kappa shape index (κ1) is 13.0. The van der Waals surface area contributed by atoms with Gasteiger partial charge in [0.05, 0.1) is 6.61 Å². The lowest BCUT2D eigenvalue weighted by Crippen LogP contribution is -2.51. The van der Waals surface area contributed by atoms with Crippen LogP contribution in [0.3, 0.4) is 0 Å². The molecule has 4 nitrogen and oxygen atoms in total. The zero-order valence-corrected chi connectivity index (χ0v) is 10.9. The summed E-state index contributed by atoms with van der Waals surface area (Å²) in [5.41, 5.74) is 5.25. The zero-order valence-electron chi connectivity index (χ0n) is 9.29. The molecule has 0 bridgehead atoms. The van der Waals surface area contributed by atoms with Crippen molar-refractivity contribution in [2.24, 2.45) is 5.73 Å². The molecule has 3 N–H and O–H groups in total. The maximum Gasteiger partial charge on any atom is 0.245 e. The summed E-state index contributed by atoms with van der Waals surface area (Å²) in [7, 11) is 1.53. The van der Waals surface area contributed by atoms with Crippen LogP contribution in [0.1, 0.15) is 6.92 Å². The summed E-state index contributed by atoms with van der Waals surface area (Å²) in [6.45, 7) is 1.92. The van der Waals surface area contributed by atoms with E-state index in [-0.39, 0.29) is 6.61 Å². The maximum atomic E-state index is 11.4. The molecule has 0 heterocycles. The third-order valence-electron chi connectivity index (χ3n) is 2.26. The van der Waals surface area contributed by atoms with E-state index in [1.54, 1.807) is 6.92 Å². The number of halogens is 1. The van der Waals surface area contributed by atoms with E-state index in [9.17, 15) is 4.79 Å². The summed E-state index contributed by atoms with van der Waals surface area (Å²) in [5.74, 6) is -0.454. The highest BCUT2D eigenvalue weighted by molar-refractivity contribution is 9.10. The molecule has 0 aliphatic carbocycles. The maximum absolute atomic E-state index is 11.4. The van der Waals surface area contributed by atoms with Gasteiger partial charge in [0.25, 0.3) is 0 Å². The number of benzene rings is 1. The van der Waals surface area contributed by atoms with E-state index in [4.69, 9.17) is 10.5 Å². The Morgan fingerprint density at radius 2 is 2.19 bits per heavy atom. The van der Waals surface area contributed by atoms with Crippen molar-refractivity contribution in [2.45, 2.75) is 12.5 Å². The van der Waals surface area contributed by atoms with E-state index < -0.39 is 11.4 Å². The quantitative estimate of drug-likeness (QED) is 0.867. The van der Waals surface area contributed by atoms with E-state index >= 15 is 0 Å². The van der Waals surface area contributed by atoms with Crippen LogP contribution in [0.5, 0.6) is 0 Å². The molecule has 1 aromatic rings. The predicted molar refractivity (Wildman–Crippen MR) is 67.2 cm³/mol. The van der Waals surface area contributed by atoms with Crippen molar-refractivity contribution in [2.75, 3.05) is 19.0 Å². The summed E-state index contributed by atoms with van der Waals surface area (Å²) in [6.07, 6.45) is 0. The number of nitrogens with one attached hydrogen (secondary N) is 1. The molecule has 0 aliphatic heterocycles. The van der Waals surface area contributed by atoms with Crippen molar-refractivity contribution in [3.05, 3.63) is 28.7 Å². The van der Waals surface area contributed by atoms with Crippen molar-refractivity contribution < 1.29 is 9.53 Å². The monoisotopic (exact) mass is 286 g/mol. The van der Waals surface area contributed by atoms with E-state index in [0.29, 0.717) is 0 Å². The average molecular weight is 287 g/mol. The lowest BCUT2D eigenvalue weighted by atomic mass is 10.0. The van der Waals surface area contributed by atoms with Gasteiger partial charge in [-0.05, 0) is 35.0 Å². The Labute approximate surface area is 103 Å². The van der Waals surface area contributed by atoms with Gasteiger partial charge in [-0.1, -0.05) is 12.1 Å². The molecule has 5 heteroatoms. The fourth-order valence-corrected chi connectivity index (χ4v) is 1.70. The topological polar surface area (TPSA) is 64.3 Å². The summed E-state index contributed by atoms with van der Waals surface area (Å²) in [5, 5.41) is 3.08. The Bertz CT molecular complexity index is 384. The van der Waals surface area contributed by atoms with Crippen LogP contribution in [-0.4, -0.2) is 25.2 Å². The van der Waals surface area contributed by atoms with Crippen LogP contribution in [0.25, 0.3) is 0 Å². The predicted octanol–water partition coefficient (Wildman–Crippen LogP) is 1.75. The number of carbonyl (C=O) groups is 1. The summed E-state index contributed by atoms with van der Waals surface area (Å²) >= 11 is 3.39. The lowest BCUT2D eigenvalue weighted by Gasteiger charge is -2.28. The van der Waals surface area contributed by atoms with Gasteiger partial charge in [0.2, 0.25) is 5.91 Å². The number of hydrogen-bond donors (Lipinski definition) is 2. The zero-order chi connectivity index (χ0) is 12.2. The molecule has 0 aliphatic rings. The Hall–Kier alpha value is -1.07. The van der Waals surface area contributed by atoms with Gasteiger partial charge in [-0.15, -0.1) is 0 Å². The van der Waals surface area contributed by atoms with Crippen LogP contribution in [0.2, 0.25) is 0 Å². The Morgan fingerprint density at radius 3 is 2.69 bits per heavy atom. The van der Waals surface area contributed by atoms with E-state index in [2.05, 4.69) is 21.2 Å². The summed E-state index contributed by atoms with van der Waals surface area (Å²) in [6, 6.07) is 7.52. The Balaban J connectivity index is 2.92. The highest BCUT2D eigenvalue weighted by Gasteiger charge is 2.31. The molecule has 0 fully saturated rings. The number of anilines is 1. The van der Waals surface area contributed by atoms with Gasteiger partial charge in [0, 0.05) is 17.3 Å². The van der Waals surface area contributed by atoms with Crippen LogP contribution in [0.15, 0.2) is 28.7 Å². The third kappa shape index (κ3) is 2.96. The van der Waals surface area contributed by atoms with E-state index in [1.165, 1.54) is 7.11 Å². The second kappa shape index (κ2) is 5.32. The highest BCUT2D eigenvalue weighted by atomic mass is 79.9. The molecule has 1 atom stereocenters. The fourth-order valence-electron chi connectivity index (χ4n) is 1.32. The number of amides is 1. The SMILES string of the molecule is COCC(C)(Nc1ccccc1Br)C(N)=O. The van der Waals surface area contributed by atoms with Crippen LogP contribution >= 0.6 is 15.9 Å². The number of rotatable bonds is 5. The normalized spacial score (nSPS) is 14.2. The van der Waals surface area contributed by atoms with Crippen LogP contribution in [0.4, 0.5) is 5.69 Å². The molecule has 1 amide bonds. The largest absolute Gasteiger partial charge is 0.382 e. The second-order valence-electron chi connectivity index (χ2n) is 3.73. The number of methoxy groups -OCH3 is 1. The van der Waals surface area contributed by atoms with Crippen molar-refractivity contribution in [1.82, 2.24) is 0 Å². The summed E-state index contributed by atoms with van der Waals surface area (Å²) in [4.78, 5) is 11.4. The molecule has 0 spiro atoms. The van der Waals surface area contributed by atoms with Crippen molar-refractivity contribution in [1.29, 1.82) is 0 Å². The molecule has 0 radical (unpaired) electrons.